The normalized spacial score (nSPS) is 11.5. The second-order valence-corrected chi connectivity index (χ2v) is 18.6. The molecular formula is C68H44N6. The van der Waals surface area contributed by atoms with Gasteiger partial charge in [0.15, 0.2) is 11.6 Å². The van der Waals surface area contributed by atoms with Crippen LogP contribution in [0.15, 0.2) is 267 Å². The lowest BCUT2D eigenvalue weighted by atomic mass is 9.99. The molecule has 0 unspecified atom stereocenters. The van der Waals surface area contributed by atoms with Gasteiger partial charge < -0.3 is 4.57 Å². The molecule has 6 nitrogen and oxygen atoms in total. The van der Waals surface area contributed by atoms with Crippen molar-refractivity contribution < 1.29 is 0 Å². The molecule has 0 saturated heterocycles. The van der Waals surface area contributed by atoms with Crippen LogP contribution in [0.25, 0.3) is 134 Å². The summed E-state index contributed by atoms with van der Waals surface area (Å²) in [5.74, 6) is 1.66. The molecule has 0 aliphatic rings. The van der Waals surface area contributed by atoms with E-state index in [1.54, 1.807) is 0 Å². The first-order valence-electron chi connectivity index (χ1n) is 25.0. The first-order chi connectivity index (χ1) is 36.7. The van der Waals surface area contributed by atoms with Crippen LogP contribution in [0.5, 0.6) is 0 Å². The maximum atomic E-state index is 5.50. The largest absolute Gasteiger partial charge is 0.307 e. The van der Waals surface area contributed by atoms with Crippen molar-refractivity contribution in [2.24, 2.45) is 0 Å². The molecule has 0 spiro atoms. The van der Waals surface area contributed by atoms with Gasteiger partial charge in [0.05, 0.1) is 33.5 Å². The second-order valence-electron chi connectivity index (χ2n) is 18.6. The lowest BCUT2D eigenvalue weighted by Gasteiger charge is -2.14. The van der Waals surface area contributed by atoms with Gasteiger partial charge in [-0.05, 0) is 81.9 Å². The summed E-state index contributed by atoms with van der Waals surface area (Å²) in [5.41, 5.74) is 17.6. The highest BCUT2D eigenvalue weighted by Gasteiger charge is 2.24. The molecule has 0 N–H and O–H groups in total. The number of para-hydroxylation sites is 2. The van der Waals surface area contributed by atoms with Crippen LogP contribution in [0, 0.1) is 0 Å². The Kier molecular flexibility index (Phi) is 10.4. The van der Waals surface area contributed by atoms with Gasteiger partial charge in [-0.25, -0.2) is 9.97 Å². The molecule has 0 bridgehead atoms. The highest BCUT2D eigenvalue weighted by Crippen LogP contribution is 2.42. The molecule has 74 heavy (non-hydrogen) atoms. The molecule has 0 aliphatic carbocycles. The summed E-state index contributed by atoms with van der Waals surface area (Å²) >= 11 is 0. The van der Waals surface area contributed by atoms with Crippen molar-refractivity contribution in [3.8, 4) is 90.3 Å². The van der Waals surface area contributed by atoms with Crippen molar-refractivity contribution in [2.75, 3.05) is 0 Å². The number of hydrogen-bond donors (Lipinski definition) is 0. The fraction of sp³-hybridized carbons (Fsp3) is 0. The molecule has 14 aromatic rings. The summed E-state index contributed by atoms with van der Waals surface area (Å²) in [6, 6.07) is 94.0. The van der Waals surface area contributed by atoms with E-state index < -0.39 is 0 Å². The first-order valence-corrected chi connectivity index (χ1v) is 25.0. The predicted octanol–water partition coefficient (Wildman–Crippen LogP) is 17.1. The minimum Gasteiger partial charge on any atom is -0.307 e. The lowest BCUT2D eigenvalue weighted by molar-refractivity contribution is 0.953. The fourth-order valence-electron chi connectivity index (χ4n) is 10.7. The fourth-order valence-corrected chi connectivity index (χ4v) is 10.7. The van der Waals surface area contributed by atoms with Crippen LogP contribution in [0.4, 0.5) is 0 Å². The molecule has 10 aromatic carbocycles. The highest BCUT2D eigenvalue weighted by molar-refractivity contribution is 6.23. The van der Waals surface area contributed by atoms with Gasteiger partial charge in [-0.3, -0.25) is 4.57 Å². The Labute approximate surface area is 427 Å². The zero-order valence-corrected chi connectivity index (χ0v) is 40.1. The molecule has 0 amide bonds. The number of benzene rings is 10. The van der Waals surface area contributed by atoms with Crippen molar-refractivity contribution in [1.82, 2.24) is 29.1 Å². The maximum Gasteiger partial charge on any atom is 0.238 e. The summed E-state index contributed by atoms with van der Waals surface area (Å²) in [5, 5.41) is 4.51. The van der Waals surface area contributed by atoms with Crippen molar-refractivity contribution in [1.29, 1.82) is 0 Å². The van der Waals surface area contributed by atoms with Gasteiger partial charge in [0.2, 0.25) is 5.95 Å². The summed E-state index contributed by atoms with van der Waals surface area (Å²) in [7, 11) is 0. The topological polar surface area (TPSA) is 61.4 Å². The van der Waals surface area contributed by atoms with Gasteiger partial charge in [-0.15, -0.1) is 0 Å². The number of nitrogens with zero attached hydrogens (tertiary/aromatic N) is 6. The van der Waals surface area contributed by atoms with E-state index in [0.29, 0.717) is 17.6 Å². The number of fused-ring (bicyclic) bond motifs is 7. The summed E-state index contributed by atoms with van der Waals surface area (Å²) < 4.78 is 4.69. The van der Waals surface area contributed by atoms with Gasteiger partial charge in [-0.2, -0.15) is 9.97 Å². The molecule has 346 valence electrons. The van der Waals surface area contributed by atoms with Crippen LogP contribution < -0.4 is 0 Å². The number of hydrogen-bond acceptors (Lipinski definition) is 4. The summed E-state index contributed by atoms with van der Waals surface area (Å²) in [6.45, 7) is 0. The van der Waals surface area contributed by atoms with E-state index in [4.69, 9.17) is 19.9 Å². The predicted molar refractivity (Wildman–Crippen MR) is 304 cm³/mol. The second kappa shape index (κ2) is 18.0. The Balaban J connectivity index is 0.991. The van der Waals surface area contributed by atoms with Crippen LogP contribution in [-0.4, -0.2) is 29.1 Å². The zero-order chi connectivity index (χ0) is 49.0. The van der Waals surface area contributed by atoms with E-state index >= 15 is 0 Å². The maximum absolute atomic E-state index is 5.50. The van der Waals surface area contributed by atoms with Gasteiger partial charge >= 0.3 is 0 Å². The molecule has 6 heteroatoms. The van der Waals surface area contributed by atoms with E-state index in [9.17, 15) is 0 Å². The molecular weight excluding hydrogens is 901 g/mol. The smallest absolute Gasteiger partial charge is 0.238 e. The number of aromatic nitrogens is 6. The molecule has 4 aromatic heterocycles. The van der Waals surface area contributed by atoms with Gasteiger partial charge in [0.25, 0.3) is 0 Å². The monoisotopic (exact) mass is 944 g/mol. The minimum absolute atomic E-state index is 0.525. The molecule has 14 rings (SSSR count). The first kappa shape index (κ1) is 42.8. The zero-order valence-electron chi connectivity index (χ0n) is 40.1. The van der Waals surface area contributed by atoms with Gasteiger partial charge in [0.1, 0.15) is 0 Å². The van der Waals surface area contributed by atoms with Gasteiger partial charge in [-0.1, -0.05) is 218 Å². The molecule has 0 radical (unpaired) electrons. The quantitative estimate of drug-likeness (QED) is 0.145. The molecule has 4 heterocycles. The van der Waals surface area contributed by atoms with Gasteiger partial charge in [0, 0.05) is 49.5 Å². The average Bonchev–Trinajstić information content (AvgIpc) is 4.08. The molecule has 0 aliphatic heterocycles. The van der Waals surface area contributed by atoms with Crippen LogP contribution in [-0.2, 0) is 0 Å². The van der Waals surface area contributed by atoms with Crippen molar-refractivity contribution in [3.05, 3.63) is 267 Å². The van der Waals surface area contributed by atoms with E-state index in [1.807, 2.05) is 30.3 Å². The van der Waals surface area contributed by atoms with Crippen molar-refractivity contribution >= 4 is 43.6 Å². The standard InChI is InChI=1S/C68H44N6/c1-5-20-45(21-6-1)49-28-17-29-50(40-49)51-30-19-33-55(42-51)73-62-36-15-13-34-56(62)58-38-39-59-57-35-14-16-37-63(57)74(65(59)64(58)73)68-71-66(48-26-11-4-12-27-48)70-67(72-68)53-32-18-31-52(41-53)61-44-54(46-22-7-2-8-23-46)43-60(69-61)47-24-9-3-10-25-47/h1-44H. The number of rotatable bonds is 9. The molecule has 0 saturated carbocycles. The lowest BCUT2D eigenvalue weighted by Crippen LogP contribution is -2.07. The Bertz CT molecular complexity index is 4350. The Hall–Kier alpha value is -10.0. The van der Waals surface area contributed by atoms with Crippen LogP contribution in [0.3, 0.4) is 0 Å². The number of pyridine rings is 1. The molecule has 0 atom stereocenters. The van der Waals surface area contributed by atoms with Crippen LogP contribution in [0.2, 0.25) is 0 Å². The minimum atomic E-state index is 0.525. The van der Waals surface area contributed by atoms with E-state index in [1.165, 1.54) is 11.1 Å². The Morgan fingerprint density at radius 2 is 0.649 bits per heavy atom. The third kappa shape index (κ3) is 7.52. The van der Waals surface area contributed by atoms with Crippen LogP contribution in [0.1, 0.15) is 0 Å². The molecule has 0 fully saturated rings. The summed E-state index contributed by atoms with van der Waals surface area (Å²) in [4.78, 5) is 21.5. The third-order valence-electron chi connectivity index (χ3n) is 14.2. The average molecular weight is 945 g/mol. The van der Waals surface area contributed by atoms with Crippen LogP contribution >= 0.6 is 0 Å². The Morgan fingerprint density at radius 3 is 1.28 bits per heavy atom. The van der Waals surface area contributed by atoms with E-state index in [-0.39, 0.29) is 0 Å². The van der Waals surface area contributed by atoms with Crippen molar-refractivity contribution in [2.45, 2.75) is 0 Å². The SMILES string of the molecule is c1ccc(-c2cccc(-c3cccc(-n4c5ccccc5c5ccc6c7ccccc7n(-c7nc(-c8ccccc8)nc(-c8cccc(-c9cc(-c%10ccccc%10)cc(-c%10ccccc%10)n9)c8)n7)c6c54)c3)c2)cc1. The Morgan fingerprint density at radius 1 is 0.230 bits per heavy atom. The van der Waals surface area contributed by atoms with E-state index in [2.05, 4.69) is 246 Å². The van der Waals surface area contributed by atoms with Crippen molar-refractivity contribution in [3.63, 3.8) is 0 Å². The third-order valence-corrected chi connectivity index (χ3v) is 14.2. The summed E-state index contributed by atoms with van der Waals surface area (Å²) in [6.07, 6.45) is 0. The van der Waals surface area contributed by atoms with E-state index in [0.717, 1.165) is 105 Å². The highest BCUT2D eigenvalue weighted by atomic mass is 15.2.